The van der Waals surface area contributed by atoms with Crippen molar-refractivity contribution in [2.45, 2.75) is 51.1 Å². The molecule has 2 aliphatic heterocycles. The number of hydrogen-bond donors (Lipinski definition) is 2. The van der Waals surface area contributed by atoms with E-state index in [0.717, 1.165) is 69.4 Å². The number of rotatable bonds is 5. The molecule has 3 aliphatic rings. The van der Waals surface area contributed by atoms with Gasteiger partial charge in [0, 0.05) is 57.4 Å². The Kier molecular flexibility index (Phi) is 7.81. The van der Waals surface area contributed by atoms with Crippen LogP contribution < -0.4 is 10.6 Å². The van der Waals surface area contributed by atoms with E-state index in [1.165, 1.54) is 25.7 Å². The Morgan fingerprint density at radius 1 is 1.13 bits per heavy atom. The number of carbonyl (C=O) groups is 1. The zero-order valence-corrected chi connectivity index (χ0v) is 18.8. The van der Waals surface area contributed by atoms with Crippen molar-refractivity contribution in [3.05, 3.63) is 29.8 Å². The minimum absolute atomic E-state index is 0.170. The van der Waals surface area contributed by atoms with Gasteiger partial charge in [0.1, 0.15) is 0 Å². The first-order valence-electron chi connectivity index (χ1n) is 11.9. The van der Waals surface area contributed by atoms with E-state index in [2.05, 4.69) is 37.6 Å². The molecule has 2 N–H and O–H groups in total. The molecule has 1 saturated carbocycles. The van der Waals surface area contributed by atoms with Crippen molar-refractivity contribution in [3.63, 3.8) is 0 Å². The van der Waals surface area contributed by atoms with Crippen LogP contribution in [0.4, 0.5) is 5.69 Å². The zero-order chi connectivity index (χ0) is 21.5. The molecule has 2 heterocycles. The number of anilines is 1. The predicted octanol–water partition coefficient (Wildman–Crippen LogP) is 2.69. The van der Waals surface area contributed by atoms with E-state index in [0.29, 0.717) is 12.6 Å². The largest absolute Gasteiger partial charge is 0.379 e. The van der Waals surface area contributed by atoms with Crippen molar-refractivity contribution in [2.24, 2.45) is 10.9 Å². The highest BCUT2D eigenvalue weighted by atomic mass is 16.5. The average Bonchev–Trinajstić information content (AvgIpc) is 3.31. The topological polar surface area (TPSA) is 69.2 Å². The summed E-state index contributed by atoms with van der Waals surface area (Å²) in [5.74, 6) is 1.29. The van der Waals surface area contributed by atoms with Gasteiger partial charge in [0.05, 0.1) is 13.2 Å². The second-order valence-corrected chi connectivity index (χ2v) is 8.96. The summed E-state index contributed by atoms with van der Waals surface area (Å²) in [6.07, 6.45) is 6.81. The van der Waals surface area contributed by atoms with Crippen molar-refractivity contribution in [3.8, 4) is 0 Å². The van der Waals surface area contributed by atoms with Crippen molar-refractivity contribution in [2.75, 3.05) is 51.8 Å². The summed E-state index contributed by atoms with van der Waals surface area (Å²) >= 11 is 0. The molecule has 1 unspecified atom stereocenters. The number of benzene rings is 1. The lowest BCUT2D eigenvalue weighted by molar-refractivity contribution is -0.120. The molecule has 1 aliphatic carbocycles. The van der Waals surface area contributed by atoms with Gasteiger partial charge in [0.2, 0.25) is 5.91 Å². The van der Waals surface area contributed by atoms with E-state index < -0.39 is 0 Å². The number of amides is 1. The number of carbonyl (C=O) groups excluding carboxylic acids is 1. The highest BCUT2D eigenvalue weighted by Gasteiger charge is 2.30. The quantitative estimate of drug-likeness (QED) is 0.559. The van der Waals surface area contributed by atoms with Gasteiger partial charge in [-0.05, 0) is 37.0 Å². The Bertz CT molecular complexity index is 756. The molecule has 7 nitrogen and oxygen atoms in total. The van der Waals surface area contributed by atoms with E-state index in [9.17, 15) is 4.79 Å². The fourth-order valence-corrected chi connectivity index (χ4v) is 5.06. The van der Waals surface area contributed by atoms with Crippen LogP contribution in [0.1, 0.15) is 44.1 Å². The van der Waals surface area contributed by atoms with Crippen LogP contribution in [0.25, 0.3) is 0 Å². The summed E-state index contributed by atoms with van der Waals surface area (Å²) in [4.78, 5) is 22.0. The third-order valence-electron chi connectivity index (χ3n) is 6.86. The van der Waals surface area contributed by atoms with Crippen LogP contribution >= 0.6 is 0 Å². The highest BCUT2D eigenvalue weighted by molar-refractivity contribution is 5.92. The predicted molar refractivity (Wildman–Crippen MR) is 124 cm³/mol. The molecule has 0 bridgehead atoms. The summed E-state index contributed by atoms with van der Waals surface area (Å²) in [6, 6.07) is 8.74. The number of nitrogens with one attached hydrogen (secondary N) is 2. The molecule has 1 amide bonds. The third kappa shape index (κ3) is 5.98. The van der Waals surface area contributed by atoms with E-state index in [1.54, 1.807) is 0 Å². The van der Waals surface area contributed by atoms with Gasteiger partial charge in [0.25, 0.3) is 0 Å². The van der Waals surface area contributed by atoms with Crippen LogP contribution in [0.5, 0.6) is 0 Å². The molecule has 0 aromatic heterocycles. The molecule has 3 fully saturated rings. The molecular formula is C24H37N5O2. The van der Waals surface area contributed by atoms with E-state index in [1.807, 2.05) is 19.2 Å². The lowest BCUT2D eigenvalue weighted by Crippen LogP contribution is -2.46. The summed E-state index contributed by atoms with van der Waals surface area (Å²) < 4.78 is 5.49. The maximum Gasteiger partial charge on any atom is 0.227 e. The van der Waals surface area contributed by atoms with Gasteiger partial charge in [-0.25, -0.2) is 0 Å². The minimum Gasteiger partial charge on any atom is -0.379 e. The Morgan fingerprint density at radius 3 is 2.71 bits per heavy atom. The van der Waals surface area contributed by atoms with Crippen LogP contribution in [0.2, 0.25) is 0 Å². The van der Waals surface area contributed by atoms with Gasteiger partial charge in [0.15, 0.2) is 5.96 Å². The first-order valence-corrected chi connectivity index (χ1v) is 11.9. The van der Waals surface area contributed by atoms with Gasteiger partial charge in [-0.1, -0.05) is 31.4 Å². The second-order valence-electron chi connectivity index (χ2n) is 8.96. The molecule has 2 saturated heterocycles. The minimum atomic E-state index is 0.170. The standard InChI is InChI=1S/C24H37N5O2/c1-25-24(29-11-10-22(18-29)28-12-14-31-15-13-28)26-17-19-6-5-9-21(16-19)27-23(30)20-7-3-2-4-8-20/h5-6,9,16,20,22H,2-4,7-8,10-15,17-18H2,1H3,(H,25,26)(H,27,30). The summed E-state index contributed by atoms with van der Waals surface area (Å²) in [5.41, 5.74) is 2.03. The summed E-state index contributed by atoms with van der Waals surface area (Å²) in [5, 5.41) is 6.64. The maximum atomic E-state index is 12.6. The number of nitrogens with zero attached hydrogens (tertiary/aromatic N) is 3. The third-order valence-corrected chi connectivity index (χ3v) is 6.86. The number of guanidine groups is 1. The lowest BCUT2D eigenvalue weighted by Gasteiger charge is -2.32. The van der Waals surface area contributed by atoms with Crippen LogP contribution in [-0.4, -0.2) is 74.1 Å². The zero-order valence-electron chi connectivity index (χ0n) is 18.8. The van der Waals surface area contributed by atoms with Crippen molar-refractivity contribution < 1.29 is 9.53 Å². The van der Waals surface area contributed by atoms with Crippen LogP contribution in [0, 0.1) is 5.92 Å². The SMILES string of the molecule is CN=C(NCc1cccc(NC(=O)C2CCCCC2)c1)N1CCC(N2CCOCC2)C1. The summed E-state index contributed by atoms with van der Waals surface area (Å²) in [7, 11) is 1.85. The Morgan fingerprint density at radius 2 is 1.94 bits per heavy atom. The molecular weight excluding hydrogens is 390 g/mol. The fraction of sp³-hybridized carbons (Fsp3) is 0.667. The summed E-state index contributed by atoms with van der Waals surface area (Å²) in [6.45, 7) is 6.48. The first kappa shape index (κ1) is 22.1. The Labute approximate surface area is 186 Å². The molecule has 1 atom stereocenters. The van der Waals surface area contributed by atoms with Gasteiger partial charge >= 0.3 is 0 Å². The molecule has 1 aromatic carbocycles. The van der Waals surface area contributed by atoms with Crippen LogP contribution in [0.15, 0.2) is 29.3 Å². The van der Waals surface area contributed by atoms with Crippen molar-refractivity contribution >= 4 is 17.6 Å². The molecule has 0 radical (unpaired) electrons. The van der Waals surface area contributed by atoms with E-state index in [4.69, 9.17) is 4.74 Å². The molecule has 4 rings (SSSR count). The number of aliphatic imine (C=N–C) groups is 1. The normalized spacial score (nSPS) is 23.7. The molecule has 7 heteroatoms. The number of morpholine rings is 1. The second kappa shape index (κ2) is 11.0. The number of likely N-dealkylation sites (tertiary alicyclic amines) is 1. The van der Waals surface area contributed by atoms with Crippen molar-refractivity contribution in [1.82, 2.24) is 15.1 Å². The van der Waals surface area contributed by atoms with Crippen LogP contribution in [0.3, 0.4) is 0 Å². The monoisotopic (exact) mass is 427 g/mol. The van der Waals surface area contributed by atoms with Crippen LogP contribution in [-0.2, 0) is 16.1 Å². The molecule has 1 aromatic rings. The van der Waals surface area contributed by atoms with Crippen molar-refractivity contribution in [1.29, 1.82) is 0 Å². The lowest BCUT2D eigenvalue weighted by atomic mass is 9.88. The number of hydrogen-bond acceptors (Lipinski definition) is 4. The first-order chi connectivity index (χ1) is 15.2. The highest BCUT2D eigenvalue weighted by Crippen LogP contribution is 2.25. The van der Waals surface area contributed by atoms with Gasteiger partial charge in [-0.2, -0.15) is 0 Å². The van der Waals surface area contributed by atoms with Gasteiger partial charge in [-0.3, -0.25) is 14.7 Å². The molecule has 170 valence electrons. The number of ether oxygens (including phenoxy) is 1. The smallest absolute Gasteiger partial charge is 0.227 e. The Balaban J connectivity index is 1.28. The average molecular weight is 428 g/mol. The maximum absolute atomic E-state index is 12.6. The Hall–Kier alpha value is -2.12. The van der Waals surface area contributed by atoms with E-state index >= 15 is 0 Å². The van der Waals surface area contributed by atoms with Gasteiger partial charge < -0.3 is 20.3 Å². The molecule has 0 spiro atoms. The fourth-order valence-electron chi connectivity index (χ4n) is 5.06. The van der Waals surface area contributed by atoms with Gasteiger partial charge in [-0.15, -0.1) is 0 Å². The molecule has 31 heavy (non-hydrogen) atoms. The van der Waals surface area contributed by atoms with E-state index in [-0.39, 0.29) is 11.8 Å².